The van der Waals surface area contributed by atoms with Crippen LogP contribution >= 0.6 is 24.0 Å². The van der Waals surface area contributed by atoms with Crippen molar-refractivity contribution < 1.29 is 13.2 Å². The molecule has 27 heavy (non-hydrogen) atoms. The first-order valence-corrected chi connectivity index (χ1v) is 10.1. The van der Waals surface area contributed by atoms with E-state index < -0.39 is 10.0 Å². The molecule has 1 aliphatic heterocycles. The number of anilines is 1. The van der Waals surface area contributed by atoms with Crippen molar-refractivity contribution in [2.45, 2.75) is 11.3 Å². The van der Waals surface area contributed by atoms with Crippen molar-refractivity contribution in [1.82, 2.24) is 4.90 Å². The summed E-state index contributed by atoms with van der Waals surface area (Å²) in [6.45, 7) is 1.68. The van der Waals surface area contributed by atoms with Crippen molar-refractivity contribution in [3.8, 4) is 0 Å². The van der Waals surface area contributed by atoms with Crippen LogP contribution in [0, 0.1) is 5.92 Å². The molecule has 0 aliphatic carbocycles. The molecule has 1 atom stereocenters. The summed E-state index contributed by atoms with van der Waals surface area (Å²) in [5.74, 6) is 0.0109. The zero-order chi connectivity index (χ0) is 18.7. The van der Waals surface area contributed by atoms with E-state index in [9.17, 15) is 13.2 Å². The van der Waals surface area contributed by atoms with Gasteiger partial charge in [0, 0.05) is 18.1 Å². The normalized spacial score (nSPS) is 16.7. The number of nitrogens with one attached hydrogen (secondary N) is 1. The van der Waals surface area contributed by atoms with Crippen molar-refractivity contribution in [2.24, 2.45) is 11.7 Å². The Bertz CT molecular complexity index is 907. The van der Waals surface area contributed by atoms with E-state index in [1.807, 2.05) is 0 Å². The Hall–Kier alpha value is -1.80. The molecule has 0 spiro atoms. The smallest absolute Gasteiger partial charge is 0.261 e. The number of nitrogens with two attached hydrogens (primary N) is 1. The summed E-state index contributed by atoms with van der Waals surface area (Å²) in [6, 6.07) is 12.5. The molecule has 2 aromatic rings. The Balaban J connectivity index is 0.00000261. The highest BCUT2D eigenvalue weighted by atomic mass is 35.5. The lowest BCUT2D eigenvalue weighted by Crippen LogP contribution is -2.30. The molecular formula is C18H21Cl2N3O3S. The summed E-state index contributed by atoms with van der Waals surface area (Å²) >= 11 is 6.04. The Kier molecular flexibility index (Phi) is 7.11. The molecule has 1 saturated heterocycles. The van der Waals surface area contributed by atoms with Crippen LogP contribution in [0.5, 0.6) is 0 Å². The van der Waals surface area contributed by atoms with Crippen LogP contribution in [0.15, 0.2) is 53.4 Å². The molecule has 0 bridgehead atoms. The van der Waals surface area contributed by atoms with Crippen LogP contribution in [0.1, 0.15) is 16.8 Å². The molecule has 0 aromatic heterocycles. The molecule has 3 N–H and O–H groups in total. The first-order valence-electron chi connectivity index (χ1n) is 8.27. The third kappa shape index (κ3) is 4.93. The summed E-state index contributed by atoms with van der Waals surface area (Å²) < 4.78 is 27.7. The minimum absolute atomic E-state index is 0. The molecule has 2 aromatic carbocycles. The Labute approximate surface area is 170 Å². The third-order valence-corrected chi connectivity index (χ3v) is 6.03. The van der Waals surface area contributed by atoms with Gasteiger partial charge in [-0.2, -0.15) is 0 Å². The van der Waals surface area contributed by atoms with Crippen molar-refractivity contribution in [3.05, 3.63) is 59.1 Å². The maximum Gasteiger partial charge on any atom is 0.261 e. The van der Waals surface area contributed by atoms with Crippen LogP contribution in [0.3, 0.4) is 0 Å². The van der Waals surface area contributed by atoms with Crippen molar-refractivity contribution in [2.75, 3.05) is 24.4 Å². The van der Waals surface area contributed by atoms with Gasteiger partial charge in [-0.15, -0.1) is 12.4 Å². The number of hydrogen-bond acceptors (Lipinski definition) is 4. The number of likely N-dealkylation sites (tertiary alicyclic amines) is 1. The van der Waals surface area contributed by atoms with E-state index in [1.54, 1.807) is 29.2 Å². The first kappa shape index (κ1) is 21.5. The quantitative estimate of drug-likeness (QED) is 0.763. The van der Waals surface area contributed by atoms with Crippen molar-refractivity contribution >= 4 is 45.6 Å². The van der Waals surface area contributed by atoms with Crippen LogP contribution in [0.25, 0.3) is 0 Å². The number of carbonyl (C=O) groups is 1. The SMILES string of the molecule is Cl.NCC1CCN(C(=O)c2cc(Cl)ccc2NS(=O)(=O)c2ccccc2)C1. The number of hydrogen-bond donors (Lipinski definition) is 2. The maximum absolute atomic E-state index is 12.9. The van der Waals surface area contributed by atoms with Crippen LogP contribution in [0.4, 0.5) is 5.69 Å². The van der Waals surface area contributed by atoms with Gasteiger partial charge >= 0.3 is 0 Å². The molecule has 1 heterocycles. The maximum atomic E-state index is 12.9. The van der Waals surface area contributed by atoms with Gasteiger partial charge in [-0.05, 0) is 49.2 Å². The van der Waals surface area contributed by atoms with Gasteiger partial charge in [-0.25, -0.2) is 8.42 Å². The predicted octanol–water partition coefficient (Wildman–Crippen LogP) is 2.98. The van der Waals surface area contributed by atoms with E-state index in [1.165, 1.54) is 24.3 Å². The second kappa shape index (κ2) is 8.93. The minimum atomic E-state index is -3.80. The van der Waals surface area contributed by atoms with Gasteiger partial charge in [0.05, 0.1) is 16.1 Å². The molecule has 1 unspecified atom stereocenters. The first-order chi connectivity index (χ1) is 12.4. The van der Waals surface area contributed by atoms with E-state index in [4.69, 9.17) is 17.3 Å². The predicted molar refractivity (Wildman–Crippen MR) is 109 cm³/mol. The van der Waals surface area contributed by atoms with Gasteiger partial charge in [-0.1, -0.05) is 29.8 Å². The Morgan fingerprint density at radius 3 is 2.56 bits per heavy atom. The number of halogens is 2. The fraction of sp³-hybridized carbons (Fsp3) is 0.278. The summed E-state index contributed by atoms with van der Waals surface area (Å²) in [5.41, 5.74) is 6.12. The van der Waals surface area contributed by atoms with Gasteiger partial charge in [0.15, 0.2) is 0 Å². The lowest BCUT2D eigenvalue weighted by molar-refractivity contribution is 0.0788. The number of sulfonamides is 1. The monoisotopic (exact) mass is 429 g/mol. The molecular weight excluding hydrogens is 409 g/mol. The van der Waals surface area contributed by atoms with Gasteiger partial charge < -0.3 is 10.6 Å². The van der Waals surface area contributed by atoms with Gasteiger partial charge in [-0.3, -0.25) is 9.52 Å². The Morgan fingerprint density at radius 1 is 1.22 bits per heavy atom. The lowest BCUT2D eigenvalue weighted by Gasteiger charge is -2.19. The zero-order valence-corrected chi connectivity index (χ0v) is 16.9. The molecule has 6 nitrogen and oxygen atoms in total. The van der Waals surface area contributed by atoms with Crippen molar-refractivity contribution in [1.29, 1.82) is 0 Å². The second-order valence-corrected chi connectivity index (χ2v) is 8.37. The highest BCUT2D eigenvalue weighted by molar-refractivity contribution is 7.92. The summed E-state index contributed by atoms with van der Waals surface area (Å²) in [7, 11) is -3.80. The van der Waals surface area contributed by atoms with Crippen LogP contribution in [-0.4, -0.2) is 38.9 Å². The molecule has 0 saturated carbocycles. The van der Waals surface area contributed by atoms with E-state index in [-0.39, 0.29) is 40.4 Å². The van der Waals surface area contributed by atoms with Crippen LogP contribution in [-0.2, 0) is 10.0 Å². The van der Waals surface area contributed by atoms with E-state index in [0.717, 1.165) is 6.42 Å². The van der Waals surface area contributed by atoms with Crippen LogP contribution in [0.2, 0.25) is 5.02 Å². The lowest BCUT2D eigenvalue weighted by atomic mass is 10.1. The summed E-state index contributed by atoms with van der Waals surface area (Å²) in [5, 5.41) is 0.366. The van der Waals surface area contributed by atoms with E-state index in [2.05, 4.69) is 4.72 Å². The minimum Gasteiger partial charge on any atom is -0.338 e. The highest BCUT2D eigenvalue weighted by Crippen LogP contribution is 2.27. The zero-order valence-electron chi connectivity index (χ0n) is 14.5. The molecule has 3 rings (SSSR count). The second-order valence-electron chi connectivity index (χ2n) is 6.25. The van der Waals surface area contributed by atoms with Gasteiger partial charge in [0.25, 0.3) is 15.9 Å². The molecule has 0 radical (unpaired) electrons. The van der Waals surface area contributed by atoms with Crippen LogP contribution < -0.4 is 10.5 Å². The standard InChI is InChI=1S/C18H20ClN3O3S.ClH/c19-14-6-7-17(21-26(24,25)15-4-2-1-3-5-15)16(10-14)18(23)22-9-8-13(11-20)12-22;/h1-7,10,13,21H,8-9,11-12,20H2;1H. The molecule has 1 amide bonds. The number of benzene rings is 2. The number of rotatable bonds is 5. The summed E-state index contributed by atoms with van der Waals surface area (Å²) in [4.78, 5) is 14.7. The Morgan fingerprint density at radius 2 is 1.93 bits per heavy atom. The number of amides is 1. The molecule has 9 heteroatoms. The average molecular weight is 430 g/mol. The van der Waals surface area contributed by atoms with Gasteiger partial charge in [0.1, 0.15) is 0 Å². The number of nitrogens with zero attached hydrogens (tertiary/aromatic N) is 1. The summed E-state index contributed by atoms with van der Waals surface area (Å²) in [6.07, 6.45) is 0.841. The topological polar surface area (TPSA) is 92.5 Å². The fourth-order valence-corrected chi connectivity index (χ4v) is 4.24. The fourth-order valence-electron chi connectivity index (χ4n) is 2.97. The highest BCUT2D eigenvalue weighted by Gasteiger charge is 2.28. The molecule has 1 aliphatic rings. The van der Waals surface area contributed by atoms with E-state index >= 15 is 0 Å². The molecule has 1 fully saturated rings. The van der Waals surface area contributed by atoms with Gasteiger partial charge in [0.2, 0.25) is 0 Å². The largest absolute Gasteiger partial charge is 0.338 e. The molecule has 146 valence electrons. The van der Waals surface area contributed by atoms with Crippen molar-refractivity contribution in [3.63, 3.8) is 0 Å². The number of carbonyl (C=O) groups excluding carboxylic acids is 1. The third-order valence-electron chi connectivity index (χ3n) is 4.42. The average Bonchev–Trinajstić information content (AvgIpc) is 3.12. The van der Waals surface area contributed by atoms with E-state index in [0.29, 0.717) is 24.7 Å².